The number of nitrogens with one attached hydrogen (secondary N) is 1. The molecule has 1 N–H and O–H groups in total. The fourth-order valence-corrected chi connectivity index (χ4v) is 3.78. The van der Waals surface area contributed by atoms with E-state index >= 15 is 0 Å². The maximum Gasteiger partial charge on any atom is 0.277 e. The molecule has 0 radical (unpaired) electrons. The molecule has 0 unspecified atom stereocenters. The van der Waals surface area contributed by atoms with Gasteiger partial charge in [-0.25, -0.2) is 0 Å². The second-order valence-corrected chi connectivity index (χ2v) is 7.64. The fraction of sp³-hybridized carbons (Fsp3) is 0.526. The van der Waals surface area contributed by atoms with Crippen LogP contribution in [0.1, 0.15) is 44.1 Å². The Morgan fingerprint density at radius 1 is 1.27 bits per heavy atom. The van der Waals surface area contributed by atoms with Crippen LogP contribution in [0.4, 0.5) is 0 Å². The summed E-state index contributed by atoms with van der Waals surface area (Å²) >= 11 is 1.28. The Hall–Kier alpha value is -2.02. The van der Waals surface area contributed by atoms with Crippen LogP contribution in [-0.4, -0.2) is 35.0 Å². The van der Waals surface area contributed by atoms with E-state index in [2.05, 4.69) is 22.4 Å². The minimum Gasteiger partial charge on any atom is -0.497 e. The van der Waals surface area contributed by atoms with Crippen LogP contribution in [0.2, 0.25) is 0 Å². The van der Waals surface area contributed by atoms with E-state index in [0.29, 0.717) is 35.2 Å². The van der Waals surface area contributed by atoms with E-state index in [0.717, 1.165) is 17.7 Å². The Balaban J connectivity index is 1.46. The third kappa shape index (κ3) is 5.24. The number of carbonyl (C=O) groups is 1. The van der Waals surface area contributed by atoms with E-state index in [9.17, 15) is 4.79 Å². The maximum atomic E-state index is 12.2. The molecule has 140 valence electrons. The van der Waals surface area contributed by atoms with Crippen LogP contribution >= 0.6 is 11.8 Å². The number of ether oxygens (including phenoxy) is 1. The molecule has 1 saturated carbocycles. The number of hydrogen-bond donors (Lipinski definition) is 1. The Kier molecular flexibility index (Phi) is 6.55. The van der Waals surface area contributed by atoms with Gasteiger partial charge in [-0.1, -0.05) is 43.7 Å². The Morgan fingerprint density at radius 3 is 2.77 bits per heavy atom. The van der Waals surface area contributed by atoms with Gasteiger partial charge in [0.2, 0.25) is 11.8 Å². The first-order valence-corrected chi connectivity index (χ1v) is 10.00. The molecule has 0 bridgehead atoms. The molecule has 0 saturated heterocycles. The molecule has 1 amide bonds. The number of carbonyl (C=O) groups excluding carboxylic acids is 1. The van der Waals surface area contributed by atoms with Gasteiger partial charge in [0.25, 0.3) is 5.22 Å². The fourth-order valence-electron chi connectivity index (χ4n) is 3.19. The molecule has 1 aromatic carbocycles. The Bertz CT molecular complexity index is 717. The summed E-state index contributed by atoms with van der Waals surface area (Å²) in [5, 5.41) is 11.6. The van der Waals surface area contributed by atoms with Crippen molar-refractivity contribution in [2.75, 3.05) is 12.9 Å². The molecule has 1 aliphatic carbocycles. The van der Waals surface area contributed by atoms with Crippen molar-refractivity contribution in [1.29, 1.82) is 0 Å². The monoisotopic (exact) mass is 375 g/mol. The second kappa shape index (κ2) is 9.07. The van der Waals surface area contributed by atoms with E-state index in [1.165, 1.54) is 31.0 Å². The summed E-state index contributed by atoms with van der Waals surface area (Å²) in [6, 6.07) is 8.03. The highest BCUT2D eigenvalue weighted by molar-refractivity contribution is 7.99. The SMILES string of the molecule is COc1ccc(Cc2nnc(SCC(=O)N[C@H]3CCCC[C@@H]3C)o2)cc1. The summed E-state index contributed by atoms with van der Waals surface area (Å²) in [6.45, 7) is 2.21. The quantitative estimate of drug-likeness (QED) is 0.747. The lowest BCUT2D eigenvalue weighted by Gasteiger charge is -2.29. The molecular weight excluding hydrogens is 350 g/mol. The molecule has 1 aromatic heterocycles. The van der Waals surface area contributed by atoms with Gasteiger partial charge < -0.3 is 14.5 Å². The predicted molar refractivity (Wildman–Crippen MR) is 100 cm³/mol. The van der Waals surface area contributed by atoms with E-state index < -0.39 is 0 Å². The van der Waals surface area contributed by atoms with Gasteiger partial charge in [0.15, 0.2) is 0 Å². The van der Waals surface area contributed by atoms with Gasteiger partial charge in [0.05, 0.1) is 19.3 Å². The van der Waals surface area contributed by atoms with Crippen LogP contribution in [0.3, 0.4) is 0 Å². The van der Waals surface area contributed by atoms with Gasteiger partial charge in [-0.05, 0) is 36.5 Å². The minimum atomic E-state index is 0.0312. The zero-order valence-corrected chi connectivity index (χ0v) is 16.1. The van der Waals surface area contributed by atoms with Crippen LogP contribution in [0.5, 0.6) is 5.75 Å². The highest BCUT2D eigenvalue weighted by atomic mass is 32.2. The molecule has 1 aliphatic rings. The van der Waals surface area contributed by atoms with Crippen molar-refractivity contribution in [1.82, 2.24) is 15.5 Å². The Morgan fingerprint density at radius 2 is 2.04 bits per heavy atom. The zero-order valence-electron chi connectivity index (χ0n) is 15.2. The van der Waals surface area contributed by atoms with Crippen LogP contribution in [0.15, 0.2) is 33.9 Å². The number of thioether (sulfide) groups is 1. The molecule has 3 rings (SSSR count). The van der Waals surface area contributed by atoms with Gasteiger partial charge in [-0.2, -0.15) is 0 Å². The Labute approximate surface area is 158 Å². The number of nitrogens with zero attached hydrogens (tertiary/aromatic N) is 2. The number of amides is 1. The maximum absolute atomic E-state index is 12.2. The van der Waals surface area contributed by atoms with E-state index in [1.807, 2.05) is 24.3 Å². The molecule has 6 nitrogen and oxygen atoms in total. The average molecular weight is 375 g/mol. The minimum absolute atomic E-state index is 0.0312. The molecule has 1 fully saturated rings. The summed E-state index contributed by atoms with van der Waals surface area (Å²) in [4.78, 5) is 12.2. The van der Waals surface area contributed by atoms with Gasteiger partial charge in [-0.3, -0.25) is 4.79 Å². The van der Waals surface area contributed by atoms with Crippen molar-refractivity contribution in [2.45, 2.75) is 50.3 Å². The lowest BCUT2D eigenvalue weighted by atomic mass is 9.86. The standard InChI is InChI=1S/C19H25N3O3S/c1-13-5-3-4-6-16(13)20-17(23)12-26-19-22-21-18(25-19)11-14-7-9-15(24-2)10-8-14/h7-10,13,16H,3-6,11-12H2,1-2H3,(H,20,23)/t13-,16-/m0/s1. The van der Waals surface area contributed by atoms with Crippen LogP contribution in [-0.2, 0) is 11.2 Å². The number of benzene rings is 1. The van der Waals surface area contributed by atoms with E-state index in [1.54, 1.807) is 7.11 Å². The van der Waals surface area contributed by atoms with Crippen molar-refractivity contribution >= 4 is 17.7 Å². The number of hydrogen-bond acceptors (Lipinski definition) is 6. The lowest BCUT2D eigenvalue weighted by molar-refractivity contribution is -0.119. The topological polar surface area (TPSA) is 77.2 Å². The molecule has 26 heavy (non-hydrogen) atoms. The van der Waals surface area contributed by atoms with E-state index in [-0.39, 0.29) is 5.91 Å². The third-order valence-electron chi connectivity index (χ3n) is 4.75. The predicted octanol–water partition coefficient (Wildman–Crippen LogP) is 3.46. The molecule has 0 spiro atoms. The zero-order chi connectivity index (χ0) is 18.4. The van der Waals surface area contributed by atoms with Gasteiger partial charge in [-0.15, -0.1) is 10.2 Å². The largest absolute Gasteiger partial charge is 0.497 e. The summed E-state index contributed by atoms with van der Waals surface area (Å²) < 4.78 is 10.8. The van der Waals surface area contributed by atoms with Crippen molar-refractivity contribution in [3.8, 4) is 5.75 Å². The normalized spacial score (nSPS) is 19.9. The second-order valence-electron chi connectivity index (χ2n) is 6.71. The highest BCUT2D eigenvalue weighted by Crippen LogP contribution is 2.24. The first-order chi connectivity index (χ1) is 12.6. The molecule has 0 aliphatic heterocycles. The first kappa shape index (κ1) is 18.8. The molecule has 7 heteroatoms. The highest BCUT2D eigenvalue weighted by Gasteiger charge is 2.23. The van der Waals surface area contributed by atoms with Crippen LogP contribution in [0, 0.1) is 5.92 Å². The summed E-state index contributed by atoms with van der Waals surface area (Å²) in [6.07, 6.45) is 5.28. The number of aromatic nitrogens is 2. The summed E-state index contributed by atoms with van der Waals surface area (Å²) in [7, 11) is 1.64. The third-order valence-corrected chi connectivity index (χ3v) is 5.57. The number of methoxy groups -OCH3 is 1. The van der Waals surface area contributed by atoms with Gasteiger partial charge in [0, 0.05) is 6.04 Å². The molecular formula is C19H25N3O3S. The summed E-state index contributed by atoms with van der Waals surface area (Å²) in [5.41, 5.74) is 1.06. The first-order valence-electron chi connectivity index (χ1n) is 9.01. The van der Waals surface area contributed by atoms with E-state index in [4.69, 9.17) is 9.15 Å². The molecule has 2 aromatic rings. The van der Waals surface area contributed by atoms with Crippen LogP contribution in [0.25, 0.3) is 0 Å². The lowest BCUT2D eigenvalue weighted by Crippen LogP contribution is -2.41. The molecule has 2 atom stereocenters. The van der Waals surface area contributed by atoms with Gasteiger partial charge >= 0.3 is 0 Å². The average Bonchev–Trinajstić information content (AvgIpc) is 3.10. The molecule has 1 heterocycles. The summed E-state index contributed by atoms with van der Waals surface area (Å²) in [5.74, 6) is 2.24. The van der Waals surface area contributed by atoms with Crippen molar-refractivity contribution in [2.24, 2.45) is 5.92 Å². The van der Waals surface area contributed by atoms with Crippen LogP contribution < -0.4 is 10.1 Å². The van der Waals surface area contributed by atoms with Crippen molar-refractivity contribution in [3.05, 3.63) is 35.7 Å². The van der Waals surface area contributed by atoms with Crippen molar-refractivity contribution < 1.29 is 13.9 Å². The van der Waals surface area contributed by atoms with Crippen molar-refractivity contribution in [3.63, 3.8) is 0 Å². The smallest absolute Gasteiger partial charge is 0.277 e. The number of rotatable bonds is 7. The van der Waals surface area contributed by atoms with Gasteiger partial charge in [0.1, 0.15) is 5.75 Å².